The smallest absolute Gasteiger partial charge is 0.230 e. The average Bonchev–Trinajstić information content (AvgIpc) is 3.01. The van der Waals surface area contributed by atoms with Crippen molar-refractivity contribution in [2.24, 2.45) is 0 Å². The van der Waals surface area contributed by atoms with E-state index in [-0.39, 0.29) is 5.91 Å². The zero-order valence-electron chi connectivity index (χ0n) is 12.9. The van der Waals surface area contributed by atoms with Gasteiger partial charge in [0, 0.05) is 10.6 Å². The Balaban J connectivity index is 1.58. The number of carbonyl (C=O) groups is 1. The molecule has 1 aromatic heterocycles. The van der Waals surface area contributed by atoms with Crippen molar-refractivity contribution in [1.82, 2.24) is 5.32 Å². The Hall–Kier alpha value is -1.46. The van der Waals surface area contributed by atoms with E-state index in [0.717, 1.165) is 17.1 Å². The summed E-state index contributed by atoms with van der Waals surface area (Å²) >= 11 is 3.25. The highest BCUT2D eigenvalue weighted by Gasteiger charge is 2.03. The quantitative estimate of drug-likeness (QED) is 0.746. The van der Waals surface area contributed by atoms with Crippen LogP contribution in [0.4, 0.5) is 0 Å². The summed E-state index contributed by atoms with van der Waals surface area (Å²) in [6, 6.07) is 10.2. The highest BCUT2D eigenvalue weighted by Crippen LogP contribution is 2.19. The number of nitrogens with one attached hydrogen (secondary N) is 1. The molecule has 118 valence electrons. The van der Waals surface area contributed by atoms with Crippen molar-refractivity contribution in [1.29, 1.82) is 0 Å². The molecule has 0 aliphatic carbocycles. The van der Waals surface area contributed by atoms with Crippen LogP contribution in [0.3, 0.4) is 0 Å². The Labute approximate surface area is 140 Å². The van der Waals surface area contributed by atoms with E-state index in [2.05, 4.69) is 24.4 Å². The SMILES string of the molecule is Cc1ccc(C)c(OCCSCC(=O)NCc2cccs2)c1. The van der Waals surface area contributed by atoms with Crippen LogP contribution in [-0.4, -0.2) is 24.0 Å². The van der Waals surface area contributed by atoms with Crippen LogP contribution in [0.15, 0.2) is 35.7 Å². The number of hydrogen-bond donors (Lipinski definition) is 1. The molecule has 0 aliphatic rings. The van der Waals surface area contributed by atoms with Crippen LogP contribution >= 0.6 is 23.1 Å². The Morgan fingerprint density at radius 2 is 2.18 bits per heavy atom. The van der Waals surface area contributed by atoms with Crippen molar-refractivity contribution in [3.63, 3.8) is 0 Å². The molecule has 2 aromatic rings. The van der Waals surface area contributed by atoms with Crippen LogP contribution in [0.25, 0.3) is 0 Å². The first-order valence-corrected chi connectivity index (χ1v) is 9.25. The molecule has 1 amide bonds. The van der Waals surface area contributed by atoms with Crippen LogP contribution in [-0.2, 0) is 11.3 Å². The maximum Gasteiger partial charge on any atom is 0.230 e. The Morgan fingerprint density at radius 3 is 2.95 bits per heavy atom. The Morgan fingerprint density at radius 1 is 1.32 bits per heavy atom. The molecule has 0 bridgehead atoms. The number of ether oxygens (including phenoxy) is 1. The fraction of sp³-hybridized carbons (Fsp3) is 0.353. The number of thiophene rings is 1. The number of carbonyl (C=O) groups excluding carboxylic acids is 1. The largest absolute Gasteiger partial charge is 0.492 e. The van der Waals surface area contributed by atoms with Crippen molar-refractivity contribution in [2.75, 3.05) is 18.1 Å². The topological polar surface area (TPSA) is 38.3 Å². The molecule has 3 nitrogen and oxygen atoms in total. The predicted octanol–water partition coefficient (Wildman–Crippen LogP) is 3.79. The van der Waals surface area contributed by atoms with Crippen LogP contribution in [0.2, 0.25) is 0 Å². The average molecular weight is 335 g/mol. The van der Waals surface area contributed by atoms with E-state index >= 15 is 0 Å². The molecule has 1 heterocycles. The van der Waals surface area contributed by atoms with E-state index in [1.54, 1.807) is 23.1 Å². The van der Waals surface area contributed by atoms with Gasteiger partial charge >= 0.3 is 0 Å². The van der Waals surface area contributed by atoms with Crippen molar-refractivity contribution in [3.8, 4) is 5.75 Å². The van der Waals surface area contributed by atoms with Gasteiger partial charge in [-0.25, -0.2) is 0 Å². The minimum Gasteiger partial charge on any atom is -0.492 e. The third-order valence-corrected chi connectivity index (χ3v) is 4.90. The lowest BCUT2D eigenvalue weighted by Crippen LogP contribution is -2.24. The van der Waals surface area contributed by atoms with Crippen LogP contribution in [0.5, 0.6) is 5.75 Å². The summed E-state index contributed by atoms with van der Waals surface area (Å²) in [4.78, 5) is 12.9. The first-order chi connectivity index (χ1) is 10.6. The second-order valence-electron chi connectivity index (χ2n) is 5.03. The minimum absolute atomic E-state index is 0.0742. The van der Waals surface area contributed by atoms with Crippen molar-refractivity contribution < 1.29 is 9.53 Å². The number of aryl methyl sites for hydroxylation is 2. The molecule has 0 saturated heterocycles. The first kappa shape index (κ1) is 16.9. The van der Waals surface area contributed by atoms with Gasteiger partial charge in [0.1, 0.15) is 5.75 Å². The molecule has 0 saturated carbocycles. The van der Waals surface area contributed by atoms with E-state index < -0.39 is 0 Å². The zero-order chi connectivity index (χ0) is 15.8. The predicted molar refractivity (Wildman–Crippen MR) is 94.9 cm³/mol. The minimum atomic E-state index is 0.0742. The summed E-state index contributed by atoms with van der Waals surface area (Å²) in [5.41, 5.74) is 2.34. The normalized spacial score (nSPS) is 10.5. The molecule has 0 unspecified atom stereocenters. The van der Waals surface area contributed by atoms with Crippen LogP contribution < -0.4 is 10.1 Å². The third-order valence-electron chi connectivity index (χ3n) is 3.10. The van der Waals surface area contributed by atoms with Gasteiger partial charge in [0.2, 0.25) is 5.91 Å². The van der Waals surface area contributed by atoms with E-state index in [0.29, 0.717) is 18.9 Å². The zero-order valence-corrected chi connectivity index (χ0v) is 14.6. The van der Waals surface area contributed by atoms with E-state index in [9.17, 15) is 4.79 Å². The van der Waals surface area contributed by atoms with Gasteiger partial charge in [0.05, 0.1) is 18.9 Å². The van der Waals surface area contributed by atoms with Gasteiger partial charge in [-0.2, -0.15) is 0 Å². The fourth-order valence-electron chi connectivity index (χ4n) is 1.89. The molecule has 0 fully saturated rings. The van der Waals surface area contributed by atoms with Gasteiger partial charge in [0.15, 0.2) is 0 Å². The molecule has 0 radical (unpaired) electrons. The second kappa shape index (κ2) is 8.86. The summed E-state index contributed by atoms with van der Waals surface area (Å²) in [6.45, 7) is 5.34. The molecular formula is C17H21NO2S2. The van der Waals surface area contributed by atoms with Gasteiger partial charge < -0.3 is 10.1 Å². The van der Waals surface area contributed by atoms with Gasteiger partial charge in [-0.15, -0.1) is 23.1 Å². The van der Waals surface area contributed by atoms with E-state index in [1.165, 1.54) is 10.4 Å². The summed E-state index contributed by atoms with van der Waals surface area (Å²) < 4.78 is 5.77. The van der Waals surface area contributed by atoms with Crippen molar-refractivity contribution in [3.05, 3.63) is 51.7 Å². The lowest BCUT2D eigenvalue weighted by Gasteiger charge is -2.09. The lowest BCUT2D eigenvalue weighted by atomic mass is 10.1. The van der Waals surface area contributed by atoms with E-state index in [4.69, 9.17) is 4.74 Å². The molecule has 1 aromatic carbocycles. The van der Waals surface area contributed by atoms with E-state index in [1.807, 2.05) is 30.5 Å². The second-order valence-corrected chi connectivity index (χ2v) is 7.16. The van der Waals surface area contributed by atoms with Gasteiger partial charge in [-0.3, -0.25) is 4.79 Å². The summed E-state index contributed by atoms with van der Waals surface area (Å²) in [6.07, 6.45) is 0. The van der Waals surface area contributed by atoms with Crippen LogP contribution in [0, 0.1) is 13.8 Å². The number of hydrogen-bond acceptors (Lipinski definition) is 4. The molecule has 5 heteroatoms. The monoisotopic (exact) mass is 335 g/mol. The van der Waals surface area contributed by atoms with Gasteiger partial charge in [0.25, 0.3) is 0 Å². The lowest BCUT2D eigenvalue weighted by molar-refractivity contribution is -0.118. The highest BCUT2D eigenvalue weighted by atomic mass is 32.2. The molecular weight excluding hydrogens is 314 g/mol. The van der Waals surface area contributed by atoms with Gasteiger partial charge in [-0.05, 0) is 42.5 Å². The first-order valence-electron chi connectivity index (χ1n) is 7.22. The highest BCUT2D eigenvalue weighted by molar-refractivity contribution is 7.99. The summed E-state index contributed by atoms with van der Waals surface area (Å²) in [5.74, 6) is 2.29. The maximum absolute atomic E-state index is 11.7. The molecule has 2 rings (SSSR count). The molecule has 0 atom stereocenters. The maximum atomic E-state index is 11.7. The number of benzene rings is 1. The van der Waals surface area contributed by atoms with Crippen molar-refractivity contribution >= 4 is 29.0 Å². The standard InChI is InChI=1S/C17H21NO2S2/c1-13-5-6-14(2)16(10-13)20-7-9-21-12-17(19)18-11-15-4-3-8-22-15/h3-6,8,10H,7,9,11-12H2,1-2H3,(H,18,19). The summed E-state index contributed by atoms with van der Waals surface area (Å²) in [7, 11) is 0. The summed E-state index contributed by atoms with van der Waals surface area (Å²) in [5, 5.41) is 4.93. The van der Waals surface area contributed by atoms with Crippen LogP contribution in [0.1, 0.15) is 16.0 Å². The van der Waals surface area contributed by atoms with Gasteiger partial charge in [-0.1, -0.05) is 18.2 Å². The Kier molecular flexibility index (Phi) is 6.80. The number of thioether (sulfide) groups is 1. The molecule has 1 N–H and O–H groups in total. The Bertz CT molecular complexity index is 597. The van der Waals surface area contributed by atoms with Crippen molar-refractivity contribution in [2.45, 2.75) is 20.4 Å². The fourth-order valence-corrected chi connectivity index (χ4v) is 3.17. The molecule has 0 aliphatic heterocycles. The molecule has 0 spiro atoms. The number of rotatable bonds is 8. The molecule has 22 heavy (non-hydrogen) atoms. The third kappa shape index (κ3) is 5.73. The number of amides is 1.